The highest BCUT2D eigenvalue weighted by Crippen LogP contribution is 2.21. The average Bonchev–Trinajstić information content (AvgIpc) is 2.45. The summed E-state index contributed by atoms with van der Waals surface area (Å²) in [4.78, 5) is 0.221. The topological polar surface area (TPSA) is 81.4 Å². The molecule has 1 aromatic rings. The third kappa shape index (κ3) is 4.69. The molecule has 0 aliphatic heterocycles. The van der Waals surface area contributed by atoms with Gasteiger partial charge < -0.3 is 10.5 Å². The molecule has 1 rings (SSSR count). The van der Waals surface area contributed by atoms with Crippen molar-refractivity contribution >= 4 is 10.0 Å². The minimum absolute atomic E-state index is 0.0515. The lowest BCUT2D eigenvalue weighted by molar-refractivity contribution is 0.242. The van der Waals surface area contributed by atoms with E-state index in [1.54, 1.807) is 24.3 Å². The fourth-order valence-electron chi connectivity index (χ4n) is 2.04. The van der Waals surface area contributed by atoms with E-state index in [9.17, 15) is 8.42 Å². The van der Waals surface area contributed by atoms with E-state index in [-0.39, 0.29) is 17.5 Å². The monoisotopic (exact) mass is 314 g/mol. The third-order valence-corrected chi connectivity index (χ3v) is 5.20. The molecule has 0 atom stereocenters. The lowest BCUT2D eigenvalue weighted by Crippen LogP contribution is -2.52. The van der Waals surface area contributed by atoms with Crippen LogP contribution in [0.5, 0.6) is 5.75 Å². The number of nitrogens with two attached hydrogens (primary N) is 1. The van der Waals surface area contributed by atoms with E-state index in [1.807, 2.05) is 27.7 Å². The molecule has 0 aliphatic carbocycles. The van der Waals surface area contributed by atoms with Crippen LogP contribution >= 0.6 is 0 Å². The minimum Gasteiger partial charge on any atom is -0.491 e. The minimum atomic E-state index is -3.59. The van der Waals surface area contributed by atoms with Crippen LogP contribution in [0.2, 0.25) is 0 Å². The van der Waals surface area contributed by atoms with Crippen molar-refractivity contribution in [3.05, 3.63) is 24.3 Å². The molecular formula is C15H26N2O3S. The standard InChI is InChI=1S/C15H26N2O3S/c1-5-15(6-2,11-16)17-21(18,19)14-9-7-13(8-10-14)20-12(3)4/h7-10,12,17H,5-6,11,16H2,1-4H3. The summed E-state index contributed by atoms with van der Waals surface area (Å²) in [5, 5.41) is 0. The maximum absolute atomic E-state index is 12.5. The number of hydrogen-bond acceptors (Lipinski definition) is 4. The second-order valence-corrected chi connectivity index (χ2v) is 7.12. The van der Waals surface area contributed by atoms with Crippen molar-refractivity contribution in [1.82, 2.24) is 4.72 Å². The van der Waals surface area contributed by atoms with Crippen molar-refractivity contribution in [3.63, 3.8) is 0 Å². The predicted octanol–water partition coefficient (Wildman–Crippen LogP) is 2.27. The molecular weight excluding hydrogens is 288 g/mol. The Hall–Kier alpha value is -1.11. The Morgan fingerprint density at radius 3 is 2.10 bits per heavy atom. The second-order valence-electron chi connectivity index (χ2n) is 5.44. The first kappa shape index (κ1) is 17.9. The lowest BCUT2D eigenvalue weighted by atomic mass is 9.95. The Labute approximate surface area is 127 Å². The van der Waals surface area contributed by atoms with Crippen LogP contribution in [0.15, 0.2) is 29.2 Å². The van der Waals surface area contributed by atoms with Gasteiger partial charge in [-0.25, -0.2) is 13.1 Å². The van der Waals surface area contributed by atoms with Gasteiger partial charge in [-0.2, -0.15) is 0 Å². The van der Waals surface area contributed by atoms with Gasteiger partial charge in [0.05, 0.1) is 11.0 Å². The zero-order valence-corrected chi connectivity index (χ0v) is 14.0. The molecule has 120 valence electrons. The van der Waals surface area contributed by atoms with E-state index in [1.165, 1.54) is 0 Å². The summed E-state index contributed by atoms with van der Waals surface area (Å²) < 4.78 is 33.2. The van der Waals surface area contributed by atoms with Gasteiger partial charge in [-0.3, -0.25) is 0 Å². The Morgan fingerprint density at radius 2 is 1.71 bits per heavy atom. The Balaban J connectivity index is 2.97. The van der Waals surface area contributed by atoms with Crippen LogP contribution in [-0.2, 0) is 10.0 Å². The largest absolute Gasteiger partial charge is 0.491 e. The van der Waals surface area contributed by atoms with Crippen LogP contribution < -0.4 is 15.2 Å². The summed E-state index contributed by atoms with van der Waals surface area (Å²) in [7, 11) is -3.59. The summed E-state index contributed by atoms with van der Waals surface area (Å²) >= 11 is 0. The van der Waals surface area contributed by atoms with E-state index < -0.39 is 15.6 Å². The van der Waals surface area contributed by atoms with Crippen molar-refractivity contribution in [2.45, 2.75) is 57.1 Å². The quantitative estimate of drug-likeness (QED) is 0.771. The van der Waals surface area contributed by atoms with Crippen LogP contribution in [0, 0.1) is 0 Å². The van der Waals surface area contributed by atoms with Crippen molar-refractivity contribution < 1.29 is 13.2 Å². The molecule has 0 radical (unpaired) electrons. The third-order valence-electron chi connectivity index (χ3n) is 3.60. The van der Waals surface area contributed by atoms with Gasteiger partial charge in [0.25, 0.3) is 0 Å². The van der Waals surface area contributed by atoms with Gasteiger partial charge >= 0.3 is 0 Å². The van der Waals surface area contributed by atoms with Crippen molar-refractivity contribution in [2.24, 2.45) is 5.73 Å². The zero-order chi connectivity index (χ0) is 16.1. The summed E-state index contributed by atoms with van der Waals surface area (Å²) in [6.45, 7) is 7.97. The molecule has 0 amide bonds. The fourth-order valence-corrected chi connectivity index (χ4v) is 3.59. The fraction of sp³-hybridized carbons (Fsp3) is 0.600. The first-order chi connectivity index (χ1) is 9.78. The summed E-state index contributed by atoms with van der Waals surface area (Å²) in [5.74, 6) is 0.653. The van der Waals surface area contributed by atoms with E-state index in [0.717, 1.165) is 0 Å². The maximum atomic E-state index is 12.5. The van der Waals surface area contributed by atoms with Crippen molar-refractivity contribution in [3.8, 4) is 5.75 Å². The van der Waals surface area contributed by atoms with Crippen LogP contribution in [0.3, 0.4) is 0 Å². The van der Waals surface area contributed by atoms with Crippen LogP contribution in [0.25, 0.3) is 0 Å². The maximum Gasteiger partial charge on any atom is 0.241 e. The van der Waals surface area contributed by atoms with Crippen molar-refractivity contribution in [2.75, 3.05) is 6.54 Å². The molecule has 0 aromatic heterocycles. The number of hydrogen-bond donors (Lipinski definition) is 2. The Kier molecular flexibility index (Phi) is 6.19. The molecule has 0 saturated carbocycles. The molecule has 0 fully saturated rings. The number of nitrogens with one attached hydrogen (secondary N) is 1. The number of sulfonamides is 1. The highest BCUT2D eigenvalue weighted by atomic mass is 32.2. The molecule has 1 aromatic carbocycles. The normalized spacial score (nSPS) is 12.7. The molecule has 0 bridgehead atoms. The highest BCUT2D eigenvalue weighted by molar-refractivity contribution is 7.89. The lowest BCUT2D eigenvalue weighted by Gasteiger charge is -2.31. The van der Waals surface area contributed by atoms with Crippen LogP contribution in [0.4, 0.5) is 0 Å². The van der Waals surface area contributed by atoms with E-state index in [2.05, 4.69) is 4.72 Å². The number of benzene rings is 1. The van der Waals surface area contributed by atoms with Gasteiger partial charge in [-0.1, -0.05) is 13.8 Å². The van der Waals surface area contributed by atoms with Gasteiger partial charge in [0, 0.05) is 12.1 Å². The van der Waals surface area contributed by atoms with Crippen LogP contribution in [-0.4, -0.2) is 26.6 Å². The number of ether oxygens (including phenoxy) is 1. The van der Waals surface area contributed by atoms with E-state index in [0.29, 0.717) is 18.6 Å². The van der Waals surface area contributed by atoms with Gasteiger partial charge in [0.1, 0.15) is 5.75 Å². The van der Waals surface area contributed by atoms with Gasteiger partial charge in [-0.15, -0.1) is 0 Å². The first-order valence-electron chi connectivity index (χ1n) is 7.29. The smallest absolute Gasteiger partial charge is 0.241 e. The summed E-state index contributed by atoms with van der Waals surface area (Å²) in [6, 6.07) is 6.42. The van der Waals surface area contributed by atoms with Gasteiger partial charge in [0.2, 0.25) is 10.0 Å². The Bertz CT molecular complexity index is 526. The summed E-state index contributed by atoms with van der Waals surface area (Å²) in [5.41, 5.74) is 5.15. The Morgan fingerprint density at radius 1 is 1.19 bits per heavy atom. The second kappa shape index (κ2) is 7.24. The molecule has 6 heteroatoms. The summed E-state index contributed by atoms with van der Waals surface area (Å²) in [6.07, 6.45) is 1.34. The van der Waals surface area contributed by atoms with Gasteiger partial charge in [-0.05, 0) is 51.0 Å². The molecule has 0 unspecified atom stereocenters. The average molecular weight is 314 g/mol. The van der Waals surface area contributed by atoms with Gasteiger partial charge in [0.15, 0.2) is 0 Å². The molecule has 21 heavy (non-hydrogen) atoms. The molecule has 5 nitrogen and oxygen atoms in total. The molecule has 0 spiro atoms. The highest BCUT2D eigenvalue weighted by Gasteiger charge is 2.30. The SMILES string of the molecule is CCC(CC)(CN)NS(=O)(=O)c1ccc(OC(C)C)cc1. The molecule has 3 N–H and O–H groups in total. The predicted molar refractivity (Wildman–Crippen MR) is 84.9 cm³/mol. The molecule has 0 heterocycles. The van der Waals surface area contributed by atoms with E-state index >= 15 is 0 Å². The van der Waals surface area contributed by atoms with E-state index in [4.69, 9.17) is 10.5 Å². The van der Waals surface area contributed by atoms with Crippen LogP contribution in [0.1, 0.15) is 40.5 Å². The van der Waals surface area contributed by atoms with Crippen molar-refractivity contribution in [1.29, 1.82) is 0 Å². The molecule has 0 saturated heterocycles. The zero-order valence-electron chi connectivity index (χ0n) is 13.2. The number of rotatable bonds is 8. The molecule has 0 aliphatic rings. The first-order valence-corrected chi connectivity index (χ1v) is 8.77.